The summed E-state index contributed by atoms with van der Waals surface area (Å²) >= 11 is 0. The van der Waals surface area contributed by atoms with Gasteiger partial charge < -0.3 is 19.9 Å². The Kier molecular flexibility index (Phi) is 7.94. The number of carboxylic acids is 1. The van der Waals surface area contributed by atoms with E-state index in [9.17, 15) is 18.0 Å². The lowest BCUT2D eigenvalue weighted by Gasteiger charge is -2.27. The minimum absolute atomic E-state index is 0.0881. The molecule has 3 atom stereocenters. The van der Waals surface area contributed by atoms with Gasteiger partial charge in [-0.05, 0) is 31.7 Å². The topological polar surface area (TPSA) is 101 Å². The van der Waals surface area contributed by atoms with Crippen molar-refractivity contribution in [2.45, 2.75) is 63.1 Å². The number of likely N-dealkylation sites (tertiary alicyclic amines) is 1. The summed E-state index contributed by atoms with van der Waals surface area (Å²) in [5, 5.41) is 10.2. The molecule has 1 aromatic rings. The van der Waals surface area contributed by atoms with E-state index in [2.05, 4.69) is 21.3 Å². The molecule has 3 fully saturated rings. The third kappa shape index (κ3) is 6.55. The predicted molar refractivity (Wildman–Crippen MR) is 107 cm³/mol. The van der Waals surface area contributed by atoms with Gasteiger partial charge in [0.15, 0.2) is 0 Å². The maximum Gasteiger partial charge on any atom is 0.490 e. The van der Waals surface area contributed by atoms with Crippen LogP contribution in [0.25, 0.3) is 0 Å². The van der Waals surface area contributed by atoms with Crippen LogP contribution in [0.1, 0.15) is 37.7 Å². The smallest absolute Gasteiger partial charge is 0.481 e. The third-order valence-electron chi connectivity index (χ3n) is 5.95. The van der Waals surface area contributed by atoms with E-state index in [0.717, 1.165) is 44.5 Å². The minimum atomic E-state index is -5.08. The molecule has 3 aliphatic rings. The van der Waals surface area contributed by atoms with E-state index in [0.29, 0.717) is 24.3 Å². The fourth-order valence-corrected chi connectivity index (χ4v) is 4.22. The van der Waals surface area contributed by atoms with Crippen LogP contribution in [0.15, 0.2) is 18.3 Å². The van der Waals surface area contributed by atoms with Crippen LogP contribution in [0.2, 0.25) is 0 Å². The first-order valence-corrected chi connectivity index (χ1v) is 10.6. The Hall–Kier alpha value is -2.40. The number of nitrogens with zero attached hydrogens (tertiary/aromatic N) is 2. The SMILES string of the molecule is COc1ncccc1CN1C[C@@H]2C[C@@H](CC(=O)NC3CCC3)O[C@@H]2C1.O=C(O)C(F)(F)F. The summed E-state index contributed by atoms with van der Waals surface area (Å²) in [7, 11) is 1.66. The number of nitrogens with one attached hydrogen (secondary N) is 1. The number of aliphatic carboxylic acids is 1. The monoisotopic (exact) mass is 459 g/mol. The lowest BCUT2D eigenvalue weighted by molar-refractivity contribution is -0.192. The van der Waals surface area contributed by atoms with E-state index in [1.165, 1.54) is 6.42 Å². The highest BCUT2D eigenvalue weighted by Crippen LogP contribution is 2.35. The van der Waals surface area contributed by atoms with Gasteiger partial charge in [-0.25, -0.2) is 9.78 Å². The minimum Gasteiger partial charge on any atom is -0.481 e. The van der Waals surface area contributed by atoms with Gasteiger partial charge in [-0.3, -0.25) is 9.69 Å². The third-order valence-corrected chi connectivity index (χ3v) is 5.95. The lowest BCUT2D eigenvalue weighted by atomic mass is 9.93. The number of carbonyl (C=O) groups is 2. The van der Waals surface area contributed by atoms with Crippen molar-refractivity contribution in [1.29, 1.82) is 0 Å². The van der Waals surface area contributed by atoms with Crippen molar-refractivity contribution in [1.82, 2.24) is 15.2 Å². The number of hydrogen-bond acceptors (Lipinski definition) is 6. The summed E-state index contributed by atoms with van der Waals surface area (Å²) in [4.78, 5) is 27.6. The Balaban J connectivity index is 0.000000360. The first-order valence-electron chi connectivity index (χ1n) is 10.6. The van der Waals surface area contributed by atoms with Crippen LogP contribution in [0, 0.1) is 5.92 Å². The highest BCUT2D eigenvalue weighted by molar-refractivity contribution is 5.77. The Morgan fingerprint density at radius 2 is 2.06 bits per heavy atom. The van der Waals surface area contributed by atoms with E-state index in [-0.39, 0.29) is 18.1 Å². The fraction of sp³-hybridized carbons (Fsp3) is 0.667. The number of halogens is 3. The Labute approximate surface area is 184 Å². The number of methoxy groups -OCH3 is 1. The Morgan fingerprint density at radius 3 is 2.62 bits per heavy atom. The largest absolute Gasteiger partial charge is 0.490 e. The van der Waals surface area contributed by atoms with Crippen LogP contribution < -0.4 is 10.1 Å². The molecule has 2 saturated heterocycles. The highest BCUT2D eigenvalue weighted by Gasteiger charge is 2.42. The number of aromatic nitrogens is 1. The van der Waals surface area contributed by atoms with Crippen molar-refractivity contribution < 1.29 is 37.3 Å². The number of alkyl halides is 3. The molecule has 4 rings (SSSR count). The molecular formula is C21H28F3N3O5. The van der Waals surface area contributed by atoms with Gasteiger partial charge in [0.25, 0.3) is 0 Å². The van der Waals surface area contributed by atoms with Crippen LogP contribution in [0.3, 0.4) is 0 Å². The molecular weight excluding hydrogens is 431 g/mol. The van der Waals surface area contributed by atoms with E-state index in [1.54, 1.807) is 13.3 Å². The number of hydrogen-bond donors (Lipinski definition) is 2. The van der Waals surface area contributed by atoms with Crippen molar-refractivity contribution in [3.8, 4) is 5.88 Å². The summed E-state index contributed by atoms with van der Waals surface area (Å²) in [6, 6.07) is 4.43. The Bertz CT molecular complexity index is 789. The molecule has 0 spiro atoms. The molecule has 8 nitrogen and oxygen atoms in total. The van der Waals surface area contributed by atoms with Gasteiger partial charge in [-0.1, -0.05) is 6.07 Å². The standard InChI is InChI=1S/C19H27N3O3.C2HF3O2/c1-24-19-13(4-3-7-20-19)10-22-11-14-8-16(25-17(14)12-22)9-18(23)21-15-5-2-6-15;3-2(4,5)1(6)7/h3-4,7,14-17H,2,5-6,8-12H2,1H3,(H,21,23);(H,6,7)/t14-,16-,17+;/m0./s1. The van der Waals surface area contributed by atoms with Crippen LogP contribution in [0.4, 0.5) is 13.2 Å². The molecule has 11 heteroatoms. The van der Waals surface area contributed by atoms with Gasteiger partial charge in [0, 0.05) is 43.4 Å². The zero-order valence-corrected chi connectivity index (χ0v) is 17.8. The molecule has 0 bridgehead atoms. The molecule has 3 heterocycles. The van der Waals surface area contributed by atoms with Crippen molar-refractivity contribution in [2.24, 2.45) is 5.92 Å². The van der Waals surface area contributed by atoms with Crippen molar-refractivity contribution >= 4 is 11.9 Å². The van der Waals surface area contributed by atoms with E-state index in [4.69, 9.17) is 19.4 Å². The number of carbonyl (C=O) groups excluding carboxylic acids is 1. The number of fused-ring (bicyclic) bond motifs is 1. The number of pyridine rings is 1. The predicted octanol–water partition coefficient (Wildman–Crippen LogP) is 2.37. The second kappa shape index (κ2) is 10.5. The second-order valence-electron chi connectivity index (χ2n) is 8.36. The molecule has 0 unspecified atom stereocenters. The number of amides is 1. The zero-order chi connectivity index (χ0) is 23.3. The summed E-state index contributed by atoms with van der Waals surface area (Å²) in [5.41, 5.74) is 1.11. The van der Waals surface area contributed by atoms with E-state index >= 15 is 0 Å². The van der Waals surface area contributed by atoms with Crippen LogP contribution in [0.5, 0.6) is 5.88 Å². The van der Waals surface area contributed by atoms with Gasteiger partial charge in [0.2, 0.25) is 11.8 Å². The fourth-order valence-electron chi connectivity index (χ4n) is 4.22. The molecule has 2 N–H and O–H groups in total. The first kappa shape index (κ1) is 24.2. The molecule has 2 aliphatic heterocycles. The Morgan fingerprint density at radius 1 is 1.34 bits per heavy atom. The number of carboxylic acid groups (broad SMARTS) is 1. The number of rotatable bonds is 6. The van der Waals surface area contributed by atoms with Crippen molar-refractivity contribution in [3.63, 3.8) is 0 Å². The molecule has 1 aliphatic carbocycles. The molecule has 1 amide bonds. The summed E-state index contributed by atoms with van der Waals surface area (Å²) in [6.45, 7) is 2.77. The van der Waals surface area contributed by atoms with Crippen LogP contribution in [-0.2, 0) is 20.9 Å². The van der Waals surface area contributed by atoms with Gasteiger partial charge >= 0.3 is 12.1 Å². The first-order chi connectivity index (χ1) is 15.2. The maximum absolute atomic E-state index is 12.1. The average Bonchev–Trinajstić information content (AvgIpc) is 3.22. The summed E-state index contributed by atoms with van der Waals surface area (Å²) in [5.74, 6) is -1.37. The average molecular weight is 459 g/mol. The normalized spacial score (nSPS) is 25.3. The quantitative estimate of drug-likeness (QED) is 0.674. The van der Waals surface area contributed by atoms with Crippen molar-refractivity contribution in [3.05, 3.63) is 23.9 Å². The van der Waals surface area contributed by atoms with Gasteiger partial charge in [0.1, 0.15) is 0 Å². The molecule has 178 valence electrons. The lowest BCUT2D eigenvalue weighted by Crippen LogP contribution is -2.40. The zero-order valence-electron chi connectivity index (χ0n) is 17.8. The molecule has 0 aromatic carbocycles. The van der Waals surface area contributed by atoms with Gasteiger partial charge in [-0.2, -0.15) is 13.2 Å². The second-order valence-corrected chi connectivity index (χ2v) is 8.36. The van der Waals surface area contributed by atoms with E-state index in [1.807, 2.05) is 6.07 Å². The van der Waals surface area contributed by atoms with E-state index < -0.39 is 12.1 Å². The van der Waals surface area contributed by atoms with Gasteiger partial charge in [-0.15, -0.1) is 0 Å². The van der Waals surface area contributed by atoms with Crippen LogP contribution in [-0.4, -0.2) is 71.5 Å². The summed E-state index contributed by atoms with van der Waals surface area (Å²) < 4.78 is 43.2. The van der Waals surface area contributed by atoms with Crippen molar-refractivity contribution in [2.75, 3.05) is 20.2 Å². The highest BCUT2D eigenvalue weighted by atomic mass is 19.4. The number of ether oxygens (including phenoxy) is 2. The molecule has 1 aromatic heterocycles. The van der Waals surface area contributed by atoms with Gasteiger partial charge in [0.05, 0.1) is 25.7 Å². The van der Waals surface area contributed by atoms with Crippen LogP contribution >= 0.6 is 0 Å². The summed E-state index contributed by atoms with van der Waals surface area (Å²) in [6.07, 6.45) is 2.03. The molecule has 0 radical (unpaired) electrons. The molecule has 32 heavy (non-hydrogen) atoms. The maximum atomic E-state index is 12.1. The molecule has 1 saturated carbocycles.